The second kappa shape index (κ2) is 7.82. The molecule has 2 aliphatic rings. The molecule has 1 saturated carbocycles. The Morgan fingerprint density at radius 3 is 2.70 bits per heavy atom. The molecule has 3 rings (SSSR count). The second-order valence-corrected chi connectivity index (χ2v) is 7.44. The van der Waals surface area contributed by atoms with Gasteiger partial charge < -0.3 is 10.6 Å². The van der Waals surface area contributed by atoms with E-state index in [1.165, 1.54) is 37.9 Å². The number of rotatable bonds is 4. The number of anilines is 1. The third-order valence-corrected chi connectivity index (χ3v) is 5.58. The Kier molecular flexibility index (Phi) is 6.29. The average molecular weight is 339 g/mol. The van der Waals surface area contributed by atoms with Crippen molar-refractivity contribution in [1.29, 1.82) is 0 Å². The van der Waals surface area contributed by atoms with Gasteiger partial charge in [0.2, 0.25) is 0 Å². The number of fused-ring (bicyclic) bond motifs is 1. The summed E-state index contributed by atoms with van der Waals surface area (Å²) in [5, 5.41) is 0. The first-order valence-electron chi connectivity index (χ1n) is 8.70. The molecule has 1 aromatic rings. The SMILES string of the molecule is CC(C)N(C)c1ccc(CN2CC3CCCC(N)C3C2)cn1.Cl. The number of hydrogen-bond acceptors (Lipinski definition) is 4. The average Bonchev–Trinajstić information content (AvgIpc) is 2.91. The second-order valence-electron chi connectivity index (χ2n) is 7.44. The van der Waals surface area contributed by atoms with E-state index in [0.29, 0.717) is 18.0 Å². The Hall–Kier alpha value is -0.840. The van der Waals surface area contributed by atoms with Gasteiger partial charge in [0, 0.05) is 45.0 Å². The molecule has 1 aromatic heterocycles. The van der Waals surface area contributed by atoms with E-state index in [-0.39, 0.29) is 12.4 Å². The molecule has 2 fully saturated rings. The van der Waals surface area contributed by atoms with Gasteiger partial charge in [0.15, 0.2) is 0 Å². The molecule has 1 aliphatic heterocycles. The van der Waals surface area contributed by atoms with Crippen LogP contribution in [0.4, 0.5) is 5.82 Å². The standard InChI is InChI=1S/C18H30N4.ClH/c1-13(2)21(3)18-8-7-14(9-20-18)10-22-11-15-5-4-6-17(19)16(15)12-22;/h7-9,13,15-17H,4-6,10-12,19H2,1-3H3;1H. The minimum absolute atomic E-state index is 0. The quantitative estimate of drug-likeness (QED) is 0.916. The molecular weight excluding hydrogens is 308 g/mol. The van der Waals surface area contributed by atoms with Gasteiger partial charge in [0.05, 0.1) is 0 Å². The van der Waals surface area contributed by atoms with Crippen molar-refractivity contribution in [3.05, 3.63) is 23.9 Å². The molecular formula is C18H31ClN4. The lowest BCUT2D eigenvalue weighted by Gasteiger charge is -2.29. The van der Waals surface area contributed by atoms with Gasteiger partial charge in [-0.05, 0) is 50.2 Å². The van der Waals surface area contributed by atoms with Crippen LogP contribution in [0.5, 0.6) is 0 Å². The summed E-state index contributed by atoms with van der Waals surface area (Å²) >= 11 is 0. The molecule has 2 heterocycles. The molecule has 3 atom stereocenters. The van der Waals surface area contributed by atoms with Crippen LogP contribution in [-0.4, -0.2) is 42.1 Å². The zero-order chi connectivity index (χ0) is 15.7. The summed E-state index contributed by atoms with van der Waals surface area (Å²) in [6, 6.07) is 5.26. The molecule has 5 heteroatoms. The van der Waals surface area contributed by atoms with E-state index in [0.717, 1.165) is 18.3 Å². The van der Waals surface area contributed by atoms with Crippen molar-refractivity contribution in [2.24, 2.45) is 17.6 Å². The number of halogens is 1. The fourth-order valence-electron chi connectivity index (χ4n) is 3.98. The predicted octanol–water partition coefficient (Wildman–Crippen LogP) is 2.91. The van der Waals surface area contributed by atoms with Gasteiger partial charge in [-0.15, -0.1) is 12.4 Å². The van der Waals surface area contributed by atoms with Crippen LogP contribution in [0.25, 0.3) is 0 Å². The lowest BCUT2D eigenvalue weighted by molar-refractivity contribution is 0.259. The Labute approximate surface area is 146 Å². The highest BCUT2D eigenvalue weighted by molar-refractivity contribution is 5.85. The van der Waals surface area contributed by atoms with Crippen molar-refractivity contribution in [3.8, 4) is 0 Å². The first kappa shape index (κ1) is 18.5. The molecule has 0 aromatic carbocycles. The van der Waals surface area contributed by atoms with E-state index in [4.69, 9.17) is 5.73 Å². The van der Waals surface area contributed by atoms with E-state index in [1.807, 2.05) is 6.20 Å². The number of pyridine rings is 1. The smallest absolute Gasteiger partial charge is 0.128 e. The highest BCUT2D eigenvalue weighted by atomic mass is 35.5. The van der Waals surface area contributed by atoms with E-state index in [2.05, 4.69) is 47.8 Å². The third kappa shape index (κ3) is 4.17. The van der Waals surface area contributed by atoms with Crippen molar-refractivity contribution in [2.45, 2.75) is 51.7 Å². The van der Waals surface area contributed by atoms with E-state index in [1.54, 1.807) is 0 Å². The largest absolute Gasteiger partial charge is 0.357 e. The van der Waals surface area contributed by atoms with Gasteiger partial charge in [-0.25, -0.2) is 4.98 Å². The minimum atomic E-state index is 0. The molecule has 1 aliphatic carbocycles. The van der Waals surface area contributed by atoms with Crippen molar-refractivity contribution in [3.63, 3.8) is 0 Å². The normalized spacial score (nSPS) is 27.6. The maximum absolute atomic E-state index is 6.31. The summed E-state index contributed by atoms with van der Waals surface area (Å²) in [6.45, 7) is 7.76. The molecule has 0 amide bonds. The zero-order valence-electron chi connectivity index (χ0n) is 14.6. The van der Waals surface area contributed by atoms with E-state index >= 15 is 0 Å². The van der Waals surface area contributed by atoms with Gasteiger partial charge in [-0.2, -0.15) is 0 Å². The minimum Gasteiger partial charge on any atom is -0.357 e. The van der Waals surface area contributed by atoms with Crippen LogP contribution in [0.15, 0.2) is 18.3 Å². The maximum Gasteiger partial charge on any atom is 0.128 e. The summed E-state index contributed by atoms with van der Waals surface area (Å²) < 4.78 is 0. The number of likely N-dealkylation sites (tertiary alicyclic amines) is 1. The van der Waals surface area contributed by atoms with Gasteiger partial charge >= 0.3 is 0 Å². The monoisotopic (exact) mass is 338 g/mol. The molecule has 0 bridgehead atoms. The lowest BCUT2D eigenvalue weighted by atomic mass is 9.78. The Morgan fingerprint density at radius 2 is 2.09 bits per heavy atom. The van der Waals surface area contributed by atoms with Crippen molar-refractivity contribution >= 4 is 18.2 Å². The van der Waals surface area contributed by atoms with Crippen LogP contribution in [0.2, 0.25) is 0 Å². The molecule has 4 nitrogen and oxygen atoms in total. The summed E-state index contributed by atoms with van der Waals surface area (Å²) in [6.07, 6.45) is 5.93. The fraction of sp³-hybridized carbons (Fsp3) is 0.722. The number of aromatic nitrogens is 1. The number of hydrogen-bond donors (Lipinski definition) is 1. The zero-order valence-corrected chi connectivity index (χ0v) is 15.4. The van der Waals surface area contributed by atoms with Crippen LogP contribution in [0.1, 0.15) is 38.7 Å². The van der Waals surface area contributed by atoms with Crippen molar-refractivity contribution < 1.29 is 0 Å². The van der Waals surface area contributed by atoms with Crippen LogP contribution < -0.4 is 10.6 Å². The van der Waals surface area contributed by atoms with Crippen LogP contribution >= 0.6 is 12.4 Å². The molecule has 0 spiro atoms. The lowest BCUT2D eigenvalue weighted by Crippen LogP contribution is -2.38. The van der Waals surface area contributed by atoms with Crippen LogP contribution in [-0.2, 0) is 6.54 Å². The summed E-state index contributed by atoms with van der Waals surface area (Å²) in [5.41, 5.74) is 7.63. The highest BCUT2D eigenvalue weighted by Gasteiger charge is 2.38. The Bertz CT molecular complexity index is 490. The molecule has 3 unspecified atom stereocenters. The molecule has 130 valence electrons. The third-order valence-electron chi connectivity index (χ3n) is 5.58. The first-order valence-corrected chi connectivity index (χ1v) is 8.70. The fourth-order valence-corrected chi connectivity index (χ4v) is 3.98. The van der Waals surface area contributed by atoms with E-state index < -0.39 is 0 Å². The molecule has 0 radical (unpaired) electrons. The highest BCUT2D eigenvalue weighted by Crippen LogP contribution is 2.36. The predicted molar refractivity (Wildman–Crippen MR) is 99.1 cm³/mol. The summed E-state index contributed by atoms with van der Waals surface area (Å²) in [5.74, 6) is 2.59. The van der Waals surface area contributed by atoms with Crippen molar-refractivity contribution in [2.75, 3.05) is 25.0 Å². The molecule has 23 heavy (non-hydrogen) atoms. The van der Waals surface area contributed by atoms with Crippen LogP contribution in [0, 0.1) is 11.8 Å². The number of nitrogens with zero attached hydrogens (tertiary/aromatic N) is 3. The first-order chi connectivity index (χ1) is 10.5. The van der Waals surface area contributed by atoms with Crippen LogP contribution in [0.3, 0.4) is 0 Å². The van der Waals surface area contributed by atoms with Gasteiger partial charge in [-0.1, -0.05) is 12.5 Å². The number of nitrogens with two attached hydrogens (primary N) is 1. The molecule has 2 N–H and O–H groups in total. The Balaban J connectivity index is 0.00000192. The Morgan fingerprint density at radius 1 is 1.30 bits per heavy atom. The molecule has 1 saturated heterocycles. The topological polar surface area (TPSA) is 45.4 Å². The van der Waals surface area contributed by atoms with Crippen molar-refractivity contribution in [1.82, 2.24) is 9.88 Å². The van der Waals surface area contributed by atoms with Gasteiger partial charge in [0.25, 0.3) is 0 Å². The summed E-state index contributed by atoms with van der Waals surface area (Å²) in [4.78, 5) is 9.40. The van der Waals surface area contributed by atoms with Gasteiger partial charge in [0.1, 0.15) is 5.82 Å². The van der Waals surface area contributed by atoms with Gasteiger partial charge in [-0.3, -0.25) is 4.90 Å². The summed E-state index contributed by atoms with van der Waals surface area (Å²) in [7, 11) is 2.10. The maximum atomic E-state index is 6.31. The van der Waals surface area contributed by atoms with E-state index in [9.17, 15) is 0 Å².